The first-order valence-corrected chi connectivity index (χ1v) is 7.17. The van der Waals surface area contributed by atoms with E-state index >= 15 is 0 Å². The van der Waals surface area contributed by atoms with Crippen LogP contribution in [0.25, 0.3) is 16.2 Å². The van der Waals surface area contributed by atoms with Gasteiger partial charge < -0.3 is 0 Å². The second kappa shape index (κ2) is 4.27. The average molecular weight is 307 g/mol. The normalized spacial score (nSPS) is 11.2. The molecule has 0 unspecified atom stereocenters. The van der Waals surface area contributed by atoms with Gasteiger partial charge in [-0.3, -0.25) is 4.40 Å². The van der Waals surface area contributed by atoms with Gasteiger partial charge in [-0.1, -0.05) is 35.0 Å². The molecule has 4 heteroatoms. The number of benzene rings is 1. The summed E-state index contributed by atoms with van der Waals surface area (Å²) in [5.41, 5.74) is 2.32. The highest BCUT2D eigenvalue weighted by Gasteiger charge is 2.12. The van der Waals surface area contributed by atoms with Crippen LogP contribution in [0.5, 0.6) is 0 Å². The molecule has 0 aliphatic rings. The van der Waals surface area contributed by atoms with Crippen molar-refractivity contribution < 1.29 is 0 Å². The van der Waals surface area contributed by atoms with Gasteiger partial charge in [0.1, 0.15) is 10.7 Å². The molecule has 3 rings (SSSR count). The van der Waals surface area contributed by atoms with E-state index in [9.17, 15) is 0 Å². The summed E-state index contributed by atoms with van der Waals surface area (Å²) in [5, 5.41) is 2.11. The first kappa shape index (κ1) is 11.0. The molecular weight excluding hydrogens is 296 g/mol. The van der Waals surface area contributed by atoms with Crippen LogP contribution in [0.4, 0.5) is 0 Å². The third-order valence-electron chi connectivity index (χ3n) is 2.74. The number of hydrogen-bond donors (Lipinski definition) is 0. The standard InChI is InChI=1S/C13H11BrN2S/c1-2-11-13-16(6-7-17-13)12(15-11)9-4-3-5-10(14)8-9/h3-8H,2H2,1H3. The van der Waals surface area contributed by atoms with Crippen molar-refractivity contribution in [1.82, 2.24) is 9.38 Å². The highest BCUT2D eigenvalue weighted by atomic mass is 79.9. The molecule has 1 aromatic carbocycles. The van der Waals surface area contributed by atoms with Gasteiger partial charge in [-0.25, -0.2) is 4.98 Å². The number of hydrogen-bond acceptors (Lipinski definition) is 2. The highest BCUT2D eigenvalue weighted by Crippen LogP contribution is 2.27. The van der Waals surface area contributed by atoms with E-state index in [4.69, 9.17) is 4.98 Å². The van der Waals surface area contributed by atoms with Crippen LogP contribution in [0.2, 0.25) is 0 Å². The van der Waals surface area contributed by atoms with Crippen molar-refractivity contribution in [2.75, 3.05) is 0 Å². The van der Waals surface area contributed by atoms with E-state index in [1.54, 1.807) is 11.3 Å². The lowest BCUT2D eigenvalue weighted by Crippen LogP contribution is -1.85. The zero-order chi connectivity index (χ0) is 11.8. The van der Waals surface area contributed by atoms with Gasteiger partial charge in [0.25, 0.3) is 0 Å². The van der Waals surface area contributed by atoms with Crippen LogP contribution >= 0.6 is 27.3 Å². The SMILES string of the molecule is CCc1nc(-c2cccc(Br)c2)n2ccsc12. The van der Waals surface area contributed by atoms with E-state index in [0.717, 1.165) is 22.3 Å². The number of halogens is 1. The summed E-state index contributed by atoms with van der Waals surface area (Å²) in [7, 11) is 0. The van der Waals surface area contributed by atoms with Crippen molar-refractivity contribution in [3.63, 3.8) is 0 Å². The number of thiazole rings is 1. The Morgan fingerprint density at radius 1 is 1.41 bits per heavy atom. The average Bonchev–Trinajstić information content (AvgIpc) is 2.89. The summed E-state index contributed by atoms with van der Waals surface area (Å²) in [5.74, 6) is 1.03. The quantitative estimate of drug-likeness (QED) is 0.686. The van der Waals surface area contributed by atoms with Gasteiger partial charge in [-0.05, 0) is 18.6 Å². The molecule has 2 nitrogen and oxygen atoms in total. The molecule has 0 saturated heterocycles. The van der Waals surface area contributed by atoms with Gasteiger partial charge in [0, 0.05) is 21.6 Å². The molecule has 2 aromatic heterocycles. The number of fused-ring (bicyclic) bond motifs is 1. The second-order valence-electron chi connectivity index (χ2n) is 3.82. The minimum absolute atomic E-state index is 0.970. The van der Waals surface area contributed by atoms with Gasteiger partial charge in [-0.15, -0.1) is 11.3 Å². The molecule has 0 bridgehead atoms. The Morgan fingerprint density at radius 3 is 3.06 bits per heavy atom. The smallest absolute Gasteiger partial charge is 0.145 e. The molecular formula is C13H11BrN2S. The van der Waals surface area contributed by atoms with Crippen LogP contribution in [-0.4, -0.2) is 9.38 Å². The van der Waals surface area contributed by atoms with Crippen molar-refractivity contribution in [3.8, 4) is 11.4 Å². The lowest BCUT2D eigenvalue weighted by Gasteiger charge is -1.99. The van der Waals surface area contributed by atoms with Gasteiger partial charge in [-0.2, -0.15) is 0 Å². The third kappa shape index (κ3) is 1.81. The first-order chi connectivity index (χ1) is 8.29. The van der Waals surface area contributed by atoms with Crippen LogP contribution in [-0.2, 0) is 6.42 Å². The number of aromatic nitrogens is 2. The monoisotopic (exact) mass is 306 g/mol. The van der Waals surface area contributed by atoms with E-state index in [1.165, 1.54) is 10.5 Å². The van der Waals surface area contributed by atoms with Crippen LogP contribution in [0.3, 0.4) is 0 Å². The second-order valence-corrected chi connectivity index (χ2v) is 5.63. The van der Waals surface area contributed by atoms with Crippen molar-refractivity contribution in [1.29, 1.82) is 0 Å². The Balaban J connectivity index is 2.26. The van der Waals surface area contributed by atoms with E-state index in [0.29, 0.717) is 0 Å². The lowest BCUT2D eigenvalue weighted by molar-refractivity contribution is 1.08. The van der Waals surface area contributed by atoms with Crippen molar-refractivity contribution in [2.45, 2.75) is 13.3 Å². The van der Waals surface area contributed by atoms with Gasteiger partial charge in [0.15, 0.2) is 0 Å². The maximum absolute atomic E-state index is 4.73. The maximum atomic E-state index is 4.73. The molecule has 0 atom stereocenters. The molecule has 0 aliphatic heterocycles. The Labute approximate surface area is 112 Å². The molecule has 17 heavy (non-hydrogen) atoms. The zero-order valence-electron chi connectivity index (χ0n) is 9.35. The van der Waals surface area contributed by atoms with Gasteiger partial charge >= 0.3 is 0 Å². The minimum Gasteiger partial charge on any atom is -0.290 e. The van der Waals surface area contributed by atoms with E-state index < -0.39 is 0 Å². The van der Waals surface area contributed by atoms with E-state index in [-0.39, 0.29) is 0 Å². The third-order valence-corrected chi connectivity index (χ3v) is 4.15. The van der Waals surface area contributed by atoms with E-state index in [2.05, 4.69) is 51.0 Å². The number of rotatable bonds is 2. The predicted molar refractivity (Wildman–Crippen MR) is 75.6 cm³/mol. The highest BCUT2D eigenvalue weighted by molar-refractivity contribution is 9.10. The van der Waals surface area contributed by atoms with Crippen molar-refractivity contribution >= 4 is 32.1 Å². The molecule has 0 amide bonds. The summed E-state index contributed by atoms with van der Waals surface area (Å²) in [6.07, 6.45) is 3.06. The maximum Gasteiger partial charge on any atom is 0.145 e. The topological polar surface area (TPSA) is 17.3 Å². The van der Waals surface area contributed by atoms with Crippen LogP contribution in [0, 0.1) is 0 Å². The summed E-state index contributed by atoms with van der Waals surface area (Å²) in [4.78, 5) is 5.98. The Morgan fingerprint density at radius 2 is 2.29 bits per heavy atom. The Hall–Kier alpha value is -1.13. The van der Waals surface area contributed by atoms with Crippen LogP contribution < -0.4 is 0 Å². The van der Waals surface area contributed by atoms with Crippen molar-refractivity contribution in [2.24, 2.45) is 0 Å². The zero-order valence-corrected chi connectivity index (χ0v) is 11.8. The van der Waals surface area contributed by atoms with Crippen molar-refractivity contribution in [3.05, 3.63) is 46.0 Å². The van der Waals surface area contributed by atoms with E-state index in [1.807, 2.05) is 12.1 Å². The van der Waals surface area contributed by atoms with Gasteiger partial charge in [0.2, 0.25) is 0 Å². The van der Waals surface area contributed by atoms with Crippen LogP contribution in [0.1, 0.15) is 12.6 Å². The molecule has 0 saturated carbocycles. The Bertz CT molecular complexity index is 669. The molecule has 0 spiro atoms. The molecule has 0 aliphatic carbocycles. The summed E-state index contributed by atoms with van der Waals surface area (Å²) in [6, 6.07) is 8.27. The van der Waals surface area contributed by atoms with Gasteiger partial charge in [0.05, 0.1) is 5.69 Å². The fourth-order valence-electron chi connectivity index (χ4n) is 1.95. The summed E-state index contributed by atoms with van der Waals surface area (Å²) in [6.45, 7) is 2.15. The fourth-order valence-corrected chi connectivity index (χ4v) is 3.24. The summed E-state index contributed by atoms with van der Waals surface area (Å²) < 4.78 is 3.26. The Kier molecular flexibility index (Phi) is 2.76. The minimum atomic E-state index is 0.970. The molecule has 0 fully saturated rings. The molecule has 86 valence electrons. The number of nitrogens with zero attached hydrogens (tertiary/aromatic N) is 2. The molecule has 0 radical (unpaired) electrons. The largest absolute Gasteiger partial charge is 0.290 e. The first-order valence-electron chi connectivity index (χ1n) is 5.50. The molecule has 0 N–H and O–H groups in total. The van der Waals surface area contributed by atoms with Crippen LogP contribution in [0.15, 0.2) is 40.3 Å². The number of imidazole rings is 1. The summed E-state index contributed by atoms with van der Waals surface area (Å²) >= 11 is 5.25. The molecule has 2 heterocycles. The molecule has 3 aromatic rings. The number of aryl methyl sites for hydroxylation is 1. The fraction of sp³-hybridized carbons (Fsp3) is 0.154. The predicted octanol–water partition coefficient (Wildman–Crippen LogP) is 4.39. The lowest BCUT2D eigenvalue weighted by atomic mass is 10.2.